The molecule has 156 valence electrons. The highest BCUT2D eigenvalue weighted by molar-refractivity contribution is 5.98. The predicted octanol–water partition coefficient (Wildman–Crippen LogP) is 3.79. The van der Waals surface area contributed by atoms with Crippen molar-refractivity contribution in [1.82, 2.24) is 5.32 Å². The summed E-state index contributed by atoms with van der Waals surface area (Å²) >= 11 is 0. The second-order valence-electron chi connectivity index (χ2n) is 7.37. The number of primary amides is 1. The van der Waals surface area contributed by atoms with Crippen molar-refractivity contribution in [2.45, 2.75) is 30.7 Å². The van der Waals surface area contributed by atoms with E-state index in [-0.39, 0.29) is 5.91 Å². The Morgan fingerprint density at radius 2 is 1.26 bits per heavy atom. The summed E-state index contributed by atoms with van der Waals surface area (Å²) in [7, 11) is 0. The van der Waals surface area contributed by atoms with Gasteiger partial charge >= 0.3 is 0 Å². The lowest BCUT2D eigenvalue weighted by Crippen LogP contribution is -2.53. The van der Waals surface area contributed by atoms with Gasteiger partial charge in [0.25, 0.3) is 0 Å². The van der Waals surface area contributed by atoms with Crippen molar-refractivity contribution in [3.05, 3.63) is 108 Å². The van der Waals surface area contributed by atoms with E-state index in [0.717, 1.165) is 16.7 Å². The lowest BCUT2D eigenvalue weighted by molar-refractivity contribution is -0.129. The molecule has 0 heterocycles. The standard InChI is InChI=1S/C27H26N2O2/c1-2-3-7-20-24(25(28)30)29-26(31)27(21-14-8-4-9-15-21,22-16-10-5-11-17-22)23-18-12-6-13-19-23/h1,4-6,8-19,24H,3,7,20H2,(H2,28,30)(H,29,31)/t24-/m0/s1. The molecule has 0 spiro atoms. The smallest absolute Gasteiger partial charge is 0.240 e. The van der Waals surface area contributed by atoms with Crippen molar-refractivity contribution in [1.29, 1.82) is 0 Å². The number of unbranched alkanes of at least 4 members (excludes halogenated alkanes) is 1. The second kappa shape index (κ2) is 10.3. The van der Waals surface area contributed by atoms with Gasteiger partial charge in [-0.3, -0.25) is 9.59 Å². The third-order valence-corrected chi connectivity index (χ3v) is 5.42. The van der Waals surface area contributed by atoms with Gasteiger partial charge in [-0.25, -0.2) is 0 Å². The molecule has 0 unspecified atom stereocenters. The first kappa shape index (κ1) is 21.9. The van der Waals surface area contributed by atoms with Crippen molar-refractivity contribution in [3.8, 4) is 12.3 Å². The monoisotopic (exact) mass is 410 g/mol. The van der Waals surface area contributed by atoms with Gasteiger partial charge in [0, 0.05) is 6.42 Å². The van der Waals surface area contributed by atoms with Crippen LogP contribution < -0.4 is 11.1 Å². The normalized spacial score (nSPS) is 11.8. The van der Waals surface area contributed by atoms with Crippen LogP contribution in [-0.2, 0) is 15.0 Å². The average molecular weight is 411 g/mol. The topological polar surface area (TPSA) is 72.2 Å². The molecule has 2 amide bonds. The Hall–Kier alpha value is -3.84. The molecule has 0 fully saturated rings. The minimum absolute atomic E-state index is 0.305. The first-order valence-corrected chi connectivity index (χ1v) is 10.3. The van der Waals surface area contributed by atoms with Gasteiger partial charge in [0.1, 0.15) is 11.5 Å². The van der Waals surface area contributed by atoms with E-state index in [1.165, 1.54) is 0 Å². The molecule has 3 N–H and O–H groups in total. The van der Waals surface area contributed by atoms with Gasteiger partial charge in [0.05, 0.1) is 0 Å². The SMILES string of the molecule is C#CCCC[C@H](NC(=O)C(c1ccccc1)(c1ccccc1)c1ccccc1)C(N)=O. The zero-order valence-corrected chi connectivity index (χ0v) is 17.3. The average Bonchev–Trinajstić information content (AvgIpc) is 2.81. The van der Waals surface area contributed by atoms with Crippen LogP contribution in [0.5, 0.6) is 0 Å². The quantitative estimate of drug-likeness (QED) is 0.320. The maximum Gasteiger partial charge on any atom is 0.240 e. The molecule has 4 heteroatoms. The summed E-state index contributed by atoms with van der Waals surface area (Å²) in [6.45, 7) is 0. The van der Waals surface area contributed by atoms with Crippen LogP contribution in [0.15, 0.2) is 91.0 Å². The number of hydrogen-bond acceptors (Lipinski definition) is 2. The molecule has 0 aromatic heterocycles. The number of carbonyl (C=O) groups is 2. The van der Waals surface area contributed by atoms with Gasteiger partial charge in [0.2, 0.25) is 11.8 Å². The lowest BCUT2D eigenvalue weighted by Gasteiger charge is -2.35. The van der Waals surface area contributed by atoms with Gasteiger partial charge in [-0.05, 0) is 29.5 Å². The number of nitrogens with two attached hydrogens (primary N) is 1. The van der Waals surface area contributed by atoms with Crippen molar-refractivity contribution >= 4 is 11.8 Å². The first-order chi connectivity index (χ1) is 15.1. The van der Waals surface area contributed by atoms with E-state index in [4.69, 9.17) is 12.2 Å². The Kier molecular flexibility index (Phi) is 7.24. The van der Waals surface area contributed by atoms with Crippen LogP contribution in [0.4, 0.5) is 0 Å². The number of amides is 2. The molecule has 3 rings (SSSR count). The summed E-state index contributed by atoms with van der Waals surface area (Å²) in [6, 6.07) is 27.9. The molecule has 0 bridgehead atoms. The van der Waals surface area contributed by atoms with Crippen molar-refractivity contribution < 1.29 is 9.59 Å². The maximum atomic E-state index is 14.1. The molecular weight excluding hydrogens is 384 g/mol. The molecule has 0 saturated heterocycles. The Bertz CT molecular complexity index is 944. The molecule has 0 aliphatic rings. The van der Waals surface area contributed by atoms with Crippen LogP contribution >= 0.6 is 0 Å². The first-order valence-electron chi connectivity index (χ1n) is 10.3. The Morgan fingerprint density at radius 1 is 0.839 bits per heavy atom. The van der Waals surface area contributed by atoms with Gasteiger partial charge in [-0.15, -0.1) is 12.3 Å². The lowest BCUT2D eigenvalue weighted by atomic mass is 9.68. The van der Waals surface area contributed by atoms with Crippen molar-refractivity contribution in [2.24, 2.45) is 5.73 Å². The molecule has 4 nitrogen and oxygen atoms in total. The largest absolute Gasteiger partial charge is 0.368 e. The summed E-state index contributed by atoms with van der Waals surface area (Å²) in [5.74, 6) is 1.68. The zero-order chi connectivity index (χ0) is 22.1. The molecule has 3 aromatic carbocycles. The number of hydrogen-bond donors (Lipinski definition) is 2. The van der Waals surface area contributed by atoms with Crippen LogP contribution in [0.25, 0.3) is 0 Å². The highest BCUT2D eigenvalue weighted by Gasteiger charge is 2.44. The van der Waals surface area contributed by atoms with E-state index >= 15 is 0 Å². The number of carbonyl (C=O) groups excluding carboxylic acids is 2. The fourth-order valence-electron chi connectivity index (χ4n) is 3.92. The van der Waals surface area contributed by atoms with Gasteiger partial charge in [-0.2, -0.15) is 0 Å². The van der Waals surface area contributed by atoms with E-state index in [9.17, 15) is 9.59 Å². The minimum Gasteiger partial charge on any atom is -0.368 e. The Morgan fingerprint density at radius 3 is 1.61 bits per heavy atom. The predicted molar refractivity (Wildman–Crippen MR) is 123 cm³/mol. The highest BCUT2D eigenvalue weighted by atomic mass is 16.2. The summed E-state index contributed by atoms with van der Waals surface area (Å²) in [4.78, 5) is 26.2. The molecule has 0 aliphatic carbocycles. The Labute approximate surface area is 183 Å². The maximum absolute atomic E-state index is 14.1. The van der Waals surface area contributed by atoms with Crippen LogP contribution in [0.1, 0.15) is 36.0 Å². The summed E-state index contributed by atoms with van der Waals surface area (Å²) in [5.41, 5.74) is 6.88. The van der Waals surface area contributed by atoms with Gasteiger partial charge in [-0.1, -0.05) is 91.0 Å². The molecular formula is C27H26N2O2. The molecule has 3 aromatic rings. The van der Waals surface area contributed by atoms with E-state index in [1.807, 2.05) is 91.0 Å². The Balaban J connectivity index is 2.17. The van der Waals surface area contributed by atoms with E-state index in [0.29, 0.717) is 19.3 Å². The summed E-state index contributed by atoms with van der Waals surface area (Å²) in [5, 5.41) is 2.93. The number of terminal acetylenes is 1. The summed E-state index contributed by atoms with van der Waals surface area (Å²) < 4.78 is 0. The van der Waals surface area contributed by atoms with Crippen LogP contribution in [0.3, 0.4) is 0 Å². The molecule has 0 aliphatic heterocycles. The summed E-state index contributed by atoms with van der Waals surface area (Å²) in [6.07, 6.45) is 6.84. The fourth-order valence-corrected chi connectivity index (χ4v) is 3.92. The highest BCUT2D eigenvalue weighted by Crippen LogP contribution is 2.39. The number of rotatable bonds is 9. The molecule has 0 radical (unpaired) electrons. The number of nitrogens with one attached hydrogen (secondary N) is 1. The van der Waals surface area contributed by atoms with Gasteiger partial charge < -0.3 is 11.1 Å². The van der Waals surface area contributed by atoms with Crippen LogP contribution in [0.2, 0.25) is 0 Å². The van der Waals surface area contributed by atoms with Crippen LogP contribution in [-0.4, -0.2) is 17.9 Å². The van der Waals surface area contributed by atoms with E-state index in [1.54, 1.807) is 0 Å². The third kappa shape index (κ3) is 4.67. The number of benzene rings is 3. The third-order valence-electron chi connectivity index (χ3n) is 5.42. The van der Waals surface area contributed by atoms with Crippen molar-refractivity contribution in [2.75, 3.05) is 0 Å². The van der Waals surface area contributed by atoms with E-state index in [2.05, 4.69) is 11.2 Å². The van der Waals surface area contributed by atoms with Gasteiger partial charge in [0.15, 0.2) is 0 Å². The van der Waals surface area contributed by atoms with Crippen LogP contribution in [0, 0.1) is 12.3 Å². The zero-order valence-electron chi connectivity index (χ0n) is 17.3. The second-order valence-corrected chi connectivity index (χ2v) is 7.37. The minimum atomic E-state index is -1.15. The fraction of sp³-hybridized carbons (Fsp3) is 0.185. The molecule has 0 saturated carbocycles. The molecule has 1 atom stereocenters. The van der Waals surface area contributed by atoms with Crippen molar-refractivity contribution in [3.63, 3.8) is 0 Å². The van der Waals surface area contributed by atoms with E-state index < -0.39 is 17.4 Å². The molecule has 31 heavy (non-hydrogen) atoms.